The number of aliphatic hydroxyl groups excluding tert-OH is 1. The molecule has 0 aliphatic carbocycles. The minimum Gasteiger partial charge on any atom is -0.497 e. The van der Waals surface area contributed by atoms with Crippen molar-refractivity contribution in [2.75, 3.05) is 26.7 Å². The van der Waals surface area contributed by atoms with Crippen LogP contribution in [-0.4, -0.2) is 77.3 Å². The average molecular weight is 419 g/mol. The van der Waals surface area contributed by atoms with Crippen molar-refractivity contribution >= 4 is 12.4 Å². The van der Waals surface area contributed by atoms with Gasteiger partial charge >= 0.3 is 0 Å². The summed E-state index contributed by atoms with van der Waals surface area (Å²) in [4.78, 5) is 25.5. The maximum absolute atomic E-state index is 12.5. The Morgan fingerprint density at radius 3 is 2.73 bits per heavy atom. The van der Waals surface area contributed by atoms with Gasteiger partial charge in [0.1, 0.15) is 11.9 Å². The lowest BCUT2D eigenvalue weighted by Crippen LogP contribution is -2.65. The molecule has 7 nitrogen and oxygen atoms in total. The van der Waals surface area contributed by atoms with Crippen LogP contribution in [0.5, 0.6) is 5.75 Å². The molecule has 5 atom stereocenters. The maximum atomic E-state index is 12.5. The van der Waals surface area contributed by atoms with E-state index in [4.69, 9.17) is 14.6 Å². The van der Waals surface area contributed by atoms with Gasteiger partial charge in [-0.1, -0.05) is 18.6 Å². The number of carbonyl (C=O) groups is 2. The lowest BCUT2D eigenvalue weighted by molar-refractivity contribution is -0.148. The molecule has 2 N–H and O–H groups in total. The Morgan fingerprint density at radius 1 is 1.30 bits per heavy atom. The first-order chi connectivity index (χ1) is 14.5. The molecule has 0 saturated carbocycles. The number of carboxylic acid groups (broad SMARTS) is 1. The Bertz CT molecular complexity index is 725. The summed E-state index contributed by atoms with van der Waals surface area (Å²) in [5.41, 5.74) is 1.31. The van der Waals surface area contributed by atoms with Crippen LogP contribution < -0.4 is 4.74 Å². The molecular formula is C23H34N2O5. The van der Waals surface area contributed by atoms with Crippen LogP contribution in [0.1, 0.15) is 38.2 Å². The Balaban J connectivity index is 0.000000806. The van der Waals surface area contributed by atoms with Crippen LogP contribution in [0.3, 0.4) is 0 Å². The average Bonchev–Trinajstić information content (AvgIpc) is 2.76. The van der Waals surface area contributed by atoms with Crippen molar-refractivity contribution in [3.8, 4) is 5.75 Å². The Hall–Kier alpha value is -2.12. The molecule has 3 fully saturated rings. The highest BCUT2D eigenvalue weighted by Crippen LogP contribution is 2.42. The number of likely N-dealkylation sites (tertiary alicyclic amines) is 1. The Kier molecular flexibility index (Phi) is 7.72. The molecule has 0 aromatic heterocycles. The van der Waals surface area contributed by atoms with E-state index in [1.807, 2.05) is 11.0 Å². The second-order valence-corrected chi connectivity index (χ2v) is 8.70. The summed E-state index contributed by atoms with van der Waals surface area (Å²) >= 11 is 0. The van der Waals surface area contributed by atoms with E-state index >= 15 is 0 Å². The summed E-state index contributed by atoms with van der Waals surface area (Å²) in [5.74, 6) is 1.83. The maximum Gasteiger partial charge on any atom is 0.290 e. The number of hydrogen-bond donors (Lipinski definition) is 2. The third-order valence-corrected chi connectivity index (χ3v) is 6.87. The molecule has 1 amide bonds. The van der Waals surface area contributed by atoms with E-state index in [1.165, 1.54) is 37.8 Å². The smallest absolute Gasteiger partial charge is 0.290 e. The molecule has 0 unspecified atom stereocenters. The van der Waals surface area contributed by atoms with Gasteiger partial charge in [-0.15, -0.1) is 0 Å². The van der Waals surface area contributed by atoms with Gasteiger partial charge in [-0.2, -0.15) is 0 Å². The van der Waals surface area contributed by atoms with Crippen LogP contribution >= 0.6 is 0 Å². The predicted molar refractivity (Wildman–Crippen MR) is 113 cm³/mol. The van der Waals surface area contributed by atoms with E-state index < -0.39 is 6.10 Å². The zero-order valence-electron chi connectivity index (χ0n) is 17.9. The second kappa shape index (κ2) is 10.3. The lowest BCUT2D eigenvalue weighted by Gasteiger charge is -2.57. The van der Waals surface area contributed by atoms with Crippen LogP contribution in [-0.2, 0) is 16.0 Å². The molecule has 2 bridgehead atoms. The quantitative estimate of drug-likeness (QED) is 0.727. The second-order valence-electron chi connectivity index (χ2n) is 8.70. The van der Waals surface area contributed by atoms with Crippen molar-refractivity contribution in [3.05, 3.63) is 29.8 Å². The summed E-state index contributed by atoms with van der Waals surface area (Å²) in [6.07, 6.45) is 5.12. The number of benzene rings is 1. The SMILES string of the molecule is COc1cccc(C[C@H]2[C@H]3C[C@H](CN(C(=O)[C@H](C)O)C3)[C@@H]3CCCCN32)c1.O=CO. The van der Waals surface area contributed by atoms with Crippen LogP contribution in [0.2, 0.25) is 0 Å². The molecule has 0 spiro atoms. The Labute approximate surface area is 178 Å². The van der Waals surface area contributed by atoms with E-state index in [2.05, 4.69) is 23.1 Å². The van der Waals surface area contributed by atoms with E-state index in [-0.39, 0.29) is 12.4 Å². The number of fused-ring (bicyclic) bond motifs is 4. The van der Waals surface area contributed by atoms with Gasteiger partial charge in [-0.05, 0) is 68.7 Å². The summed E-state index contributed by atoms with van der Waals surface area (Å²) in [6, 6.07) is 9.44. The molecule has 7 heteroatoms. The normalized spacial score (nSPS) is 29.1. The lowest BCUT2D eigenvalue weighted by atomic mass is 9.71. The number of hydrogen-bond acceptors (Lipinski definition) is 5. The first kappa shape index (κ1) is 22.6. The molecule has 0 radical (unpaired) electrons. The fraction of sp³-hybridized carbons (Fsp3) is 0.652. The number of nitrogens with zero attached hydrogens (tertiary/aromatic N) is 2. The van der Waals surface area contributed by atoms with Crippen molar-refractivity contribution in [1.29, 1.82) is 0 Å². The number of aliphatic hydroxyl groups is 1. The van der Waals surface area contributed by atoms with Gasteiger partial charge in [0.2, 0.25) is 0 Å². The standard InChI is InChI=1S/C22H32N2O3.CH2O2/c1-15(25)22(26)23-13-17-12-18(14-23)21(24-9-4-3-8-20(17)24)11-16-6-5-7-19(10-16)27-2;2-1-3/h5-7,10,15,17-18,20-21,25H,3-4,8-9,11-14H2,1-2H3;1H,(H,2,3)/t15-,17+,18-,20-,21-;/m0./s1. The molecule has 3 aliphatic rings. The van der Waals surface area contributed by atoms with Crippen LogP contribution in [0, 0.1) is 11.8 Å². The van der Waals surface area contributed by atoms with E-state index in [9.17, 15) is 9.90 Å². The highest BCUT2D eigenvalue weighted by Gasteiger charge is 2.48. The third-order valence-electron chi connectivity index (χ3n) is 6.87. The molecule has 3 saturated heterocycles. The monoisotopic (exact) mass is 418 g/mol. The van der Waals surface area contributed by atoms with Crippen molar-refractivity contribution in [1.82, 2.24) is 9.80 Å². The molecule has 30 heavy (non-hydrogen) atoms. The zero-order valence-corrected chi connectivity index (χ0v) is 17.9. The van der Waals surface area contributed by atoms with Gasteiger partial charge in [-0.25, -0.2) is 0 Å². The minimum absolute atomic E-state index is 0.103. The molecule has 1 aromatic carbocycles. The summed E-state index contributed by atoms with van der Waals surface area (Å²) < 4.78 is 5.41. The minimum atomic E-state index is -0.900. The fourth-order valence-corrected chi connectivity index (χ4v) is 5.67. The van der Waals surface area contributed by atoms with E-state index in [0.29, 0.717) is 23.9 Å². The van der Waals surface area contributed by atoms with Crippen molar-refractivity contribution in [2.24, 2.45) is 11.8 Å². The number of amides is 1. The first-order valence-electron chi connectivity index (χ1n) is 10.9. The fourth-order valence-electron chi connectivity index (χ4n) is 5.67. The van der Waals surface area contributed by atoms with Crippen molar-refractivity contribution in [2.45, 2.75) is 57.2 Å². The van der Waals surface area contributed by atoms with Gasteiger partial charge < -0.3 is 19.8 Å². The van der Waals surface area contributed by atoms with Gasteiger partial charge in [0.15, 0.2) is 0 Å². The van der Waals surface area contributed by atoms with Crippen LogP contribution in [0.4, 0.5) is 0 Å². The molecule has 1 aromatic rings. The van der Waals surface area contributed by atoms with Crippen molar-refractivity contribution < 1.29 is 24.5 Å². The third kappa shape index (κ3) is 4.95. The van der Waals surface area contributed by atoms with Crippen LogP contribution in [0.25, 0.3) is 0 Å². The molecule has 3 aliphatic heterocycles. The number of rotatable bonds is 4. The highest BCUT2D eigenvalue weighted by molar-refractivity contribution is 5.80. The number of ether oxygens (including phenoxy) is 1. The predicted octanol–water partition coefficient (Wildman–Crippen LogP) is 2.02. The van der Waals surface area contributed by atoms with Gasteiger partial charge in [0.05, 0.1) is 7.11 Å². The van der Waals surface area contributed by atoms with E-state index in [1.54, 1.807) is 14.0 Å². The summed E-state index contributed by atoms with van der Waals surface area (Å²) in [6.45, 7) is 4.11. The van der Waals surface area contributed by atoms with Gasteiger partial charge in [-0.3, -0.25) is 14.5 Å². The summed E-state index contributed by atoms with van der Waals surface area (Å²) in [7, 11) is 1.71. The summed E-state index contributed by atoms with van der Waals surface area (Å²) in [5, 5.41) is 16.7. The Morgan fingerprint density at radius 2 is 2.03 bits per heavy atom. The molecule has 166 valence electrons. The zero-order chi connectivity index (χ0) is 21.7. The number of carbonyl (C=O) groups excluding carboxylic acids is 1. The largest absolute Gasteiger partial charge is 0.497 e. The van der Waals surface area contributed by atoms with Gasteiger partial charge in [0, 0.05) is 25.2 Å². The topological polar surface area (TPSA) is 90.3 Å². The molecule has 4 rings (SSSR count). The molecular weight excluding hydrogens is 384 g/mol. The van der Waals surface area contributed by atoms with Crippen LogP contribution in [0.15, 0.2) is 24.3 Å². The van der Waals surface area contributed by atoms with E-state index in [0.717, 1.165) is 25.3 Å². The van der Waals surface area contributed by atoms with Gasteiger partial charge in [0.25, 0.3) is 12.4 Å². The first-order valence-corrected chi connectivity index (χ1v) is 10.9. The number of methoxy groups -OCH3 is 1. The highest BCUT2D eigenvalue weighted by atomic mass is 16.5. The molecule has 3 heterocycles. The van der Waals surface area contributed by atoms with Crippen molar-refractivity contribution in [3.63, 3.8) is 0 Å². The number of piperidine rings is 3.